The topological polar surface area (TPSA) is 58.8 Å². The van der Waals surface area contributed by atoms with Gasteiger partial charge in [-0.1, -0.05) is 11.6 Å². The van der Waals surface area contributed by atoms with Crippen molar-refractivity contribution >= 4 is 22.9 Å². The molecule has 22 heavy (non-hydrogen) atoms. The van der Waals surface area contributed by atoms with Crippen molar-refractivity contribution in [2.45, 2.75) is 6.61 Å². The molecule has 2 aromatic heterocycles. The predicted octanol–water partition coefficient (Wildman–Crippen LogP) is 3.20. The number of pyridine rings is 1. The number of hydrogen-bond donors (Lipinski definition) is 2. The van der Waals surface area contributed by atoms with Gasteiger partial charge in [-0.05, 0) is 23.8 Å². The van der Waals surface area contributed by atoms with Gasteiger partial charge in [0.1, 0.15) is 11.4 Å². The van der Waals surface area contributed by atoms with Crippen LogP contribution in [0.4, 0.5) is 5.69 Å². The van der Waals surface area contributed by atoms with E-state index in [-0.39, 0.29) is 6.61 Å². The van der Waals surface area contributed by atoms with Crippen LogP contribution in [0.3, 0.4) is 0 Å². The van der Waals surface area contributed by atoms with Crippen molar-refractivity contribution in [3.63, 3.8) is 0 Å². The van der Waals surface area contributed by atoms with E-state index in [1.807, 2.05) is 36.0 Å². The number of methoxy groups -OCH3 is 1. The van der Waals surface area contributed by atoms with Crippen molar-refractivity contribution in [2.75, 3.05) is 19.5 Å². The van der Waals surface area contributed by atoms with E-state index < -0.39 is 0 Å². The third-order valence-electron chi connectivity index (χ3n) is 3.57. The van der Waals surface area contributed by atoms with Crippen LogP contribution in [-0.2, 0) is 6.61 Å². The third kappa shape index (κ3) is 2.49. The van der Waals surface area contributed by atoms with Crippen molar-refractivity contribution in [3.8, 4) is 17.0 Å². The number of rotatable bonds is 4. The molecule has 3 rings (SSSR count). The lowest BCUT2D eigenvalue weighted by Crippen LogP contribution is -1.93. The number of nitrogens with one attached hydrogen (secondary N) is 1. The third-order valence-corrected chi connectivity index (χ3v) is 3.87. The number of benzene rings is 1. The van der Waals surface area contributed by atoms with Crippen molar-refractivity contribution in [2.24, 2.45) is 0 Å². The first-order chi connectivity index (χ1) is 10.7. The smallest absolute Gasteiger partial charge is 0.139 e. The second-order valence-electron chi connectivity index (χ2n) is 4.86. The number of aliphatic hydroxyl groups is 1. The summed E-state index contributed by atoms with van der Waals surface area (Å²) < 4.78 is 7.12. The maximum atomic E-state index is 9.60. The van der Waals surface area contributed by atoms with Crippen LogP contribution in [0.5, 0.6) is 5.75 Å². The van der Waals surface area contributed by atoms with Crippen molar-refractivity contribution in [3.05, 3.63) is 47.2 Å². The molecule has 6 heteroatoms. The van der Waals surface area contributed by atoms with Gasteiger partial charge in [-0.25, -0.2) is 4.98 Å². The van der Waals surface area contributed by atoms with Crippen LogP contribution in [0, 0.1) is 0 Å². The molecule has 0 aliphatic carbocycles. The Bertz CT molecular complexity index is 830. The van der Waals surface area contributed by atoms with Crippen molar-refractivity contribution in [1.29, 1.82) is 0 Å². The molecule has 0 fully saturated rings. The molecule has 0 spiro atoms. The molecule has 0 radical (unpaired) electrons. The number of hydrogen-bond acceptors (Lipinski definition) is 4. The number of halogens is 1. The molecule has 2 N–H and O–H groups in total. The Morgan fingerprint density at radius 2 is 2.18 bits per heavy atom. The van der Waals surface area contributed by atoms with Crippen LogP contribution in [0.25, 0.3) is 16.9 Å². The van der Waals surface area contributed by atoms with Crippen LogP contribution in [0.1, 0.15) is 5.56 Å². The Labute approximate surface area is 133 Å². The molecular formula is C16H16ClN3O2. The fourth-order valence-electron chi connectivity index (χ4n) is 2.39. The van der Waals surface area contributed by atoms with Crippen molar-refractivity contribution < 1.29 is 9.84 Å². The van der Waals surface area contributed by atoms with Gasteiger partial charge in [0.25, 0.3) is 0 Å². The minimum atomic E-state index is -0.113. The number of ether oxygens (including phenoxy) is 1. The van der Waals surface area contributed by atoms with E-state index in [4.69, 9.17) is 16.3 Å². The highest BCUT2D eigenvalue weighted by atomic mass is 35.5. The Hall–Kier alpha value is -2.24. The van der Waals surface area contributed by atoms with E-state index >= 15 is 0 Å². The number of imidazole rings is 1. The van der Waals surface area contributed by atoms with Crippen LogP contribution < -0.4 is 10.1 Å². The molecule has 0 aliphatic heterocycles. The van der Waals surface area contributed by atoms with Gasteiger partial charge in [0.15, 0.2) is 0 Å². The molecule has 0 aliphatic rings. The van der Waals surface area contributed by atoms with Gasteiger partial charge in [0.05, 0.1) is 24.4 Å². The second kappa shape index (κ2) is 5.87. The van der Waals surface area contributed by atoms with Gasteiger partial charge in [0.2, 0.25) is 0 Å². The molecule has 0 bridgehead atoms. The molecule has 2 heterocycles. The first kappa shape index (κ1) is 14.7. The number of nitrogens with zero attached hydrogens (tertiary/aromatic N) is 2. The number of aliphatic hydroxyl groups excluding tert-OH is 1. The lowest BCUT2D eigenvalue weighted by Gasteiger charge is -2.09. The fourth-order valence-corrected chi connectivity index (χ4v) is 2.63. The summed E-state index contributed by atoms with van der Waals surface area (Å²) in [6, 6.07) is 7.42. The normalized spacial score (nSPS) is 10.9. The zero-order valence-corrected chi connectivity index (χ0v) is 13.1. The van der Waals surface area contributed by atoms with E-state index in [0.29, 0.717) is 10.8 Å². The first-order valence-electron chi connectivity index (χ1n) is 6.80. The molecule has 0 saturated carbocycles. The van der Waals surface area contributed by atoms with Crippen LogP contribution >= 0.6 is 11.6 Å². The molecular weight excluding hydrogens is 302 g/mol. The number of aromatic nitrogens is 2. The molecule has 0 unspecified atom stereocenters. The zero-order chi connectivity index (χ0) is 15.7. The lowest BCUT2D eigenvalue weighted by molar-refractivity contribution is 0.281. The van der Waals surface area contributed by atoms with E-state index in [1.54, 1.807) is 19.2 Å². The number of fused-ring (bicyclic) bond motifs is 1. The van der Waals surface area contributed by atoms with Crippen LogP contribution in [0.2, 0.25) is 5.02 Å². The van der Waals surface area contributed by atoms with Crippen LogP contribution in [-0.4, -0.2) is 28.6 Å². The molecule has 1 aromatic carbocycles. The highest BCUT2D eigenvalue weighted by Gasteiger charge is 2.13. The maximum absolute atomic E-state index is 9.60. The number of anilines is 1. The summed E-state index contributed by atoms with van der Waals surface area (Å²) in [4.78, 5) is 4.61. The minimum Gasteiger partial charge on any atom is -0.495 e. The van der Waals surface area contributed by atoms with Gasteiger partial charge in [-0.2, -0.15) is 0 Å². The molecule has 5 nitrogen and oxygen atoms in total. The highest BCUT2D eigenvalue weighted by molar-refractivity contribution is 6.32. The van der Waals surface area contributed by atoms with Gasteiger partial charge in [-0.3, -0.25) is 0 Å². The highest BCUT2D eigenvalue weighted by Crippen LogP contribution is 2.33. The quantitative estimate of drug-likeness (QED) is 0.776. The average Bonchev–Trinajstić information content (AvgIpc) is 2.97. The molecule has 114 valence electrons. The van der Waals surface area contributed by atoms with Crippen molar-refractivity contribution in [1.82, 2.24) is 9.38 Å². The molecule has 3 aromatic rings. The Morgan fingerprint density at radius 3 is 2.86 bits per heavy atom. The van der Waals surface area contributed by atoms with Gasteiger partial charge in [0, 0.05) is 36.8 Å². The monoisotopic (exact) mass is 317 g/mol. The summed E-state index contributed by atoms with van der Waals surface area (Å²) in [5.41, 5.74) is 4.07. The SMILES string of the molecule is CNc1ccn2cc(-c3cc(Cl)c(OC)cc3CO)nc2c1. The van der Waals surface area contributed by atoms with Crippen LogP contribution in [0.15, 0.2) is 36.7 Å². The minimum absolute atomic E-state index is 0.113. The summed E-state index contributed by atoms with van der Waals surface area (Å²) in [5, 5.41) is 13.2. The summed E-state index contributed by atoms with van der Waals surface area (Å²) >= 11 is 6.20. The second-order valence-corrected chi connectivity index (χ2v) is 5.27. The standard InChI is InChI=1S/C16H16ClN3O2/c1-18-11-3-4-20-8-14(19-16(20)6-11)12-7-13(17)15(22-2)5-10(12)9-21/h3-8,18,21H,9H2,1-2H3. The molecule has 0 saturated heterocycles. The summed E-state index contributed by atoms with van der Waals surface area (Å²) in [6.45, 7) is -0.113. The van der Waals surface area contributed by atoms with Gasteiger partial charge in [-0.15, -0.1) is 0 Å². The van der Waals surface area contributed by atoms with Gasteiger partial charge >= 0.3 is 0 Å². The Balaban J connectivity index is 2.16. The predicted molar refractivity (Wildman–Crippen MR) is 87.7 cm³/mol. The van der Waals surface area contributed by atoms with E-state index in [1.165, 1.54) is 0 Å². The van der Waals surface area contributed by atoms with E-state index in [2.05, 4.69) is 10.3 Å². The average molecular weight is 318 g/mol. The summed E-state index contributed by atoms with van der Waals surface area (Å²) in [6.07, 6.45) is 3.84. The zero-order valence-electron chi connectivity index (χ0n) is 12.3. The maximum Gasteiger partial charge on any atom is 0.139 e. The fraction of sp³-hybridized carbons (Fsp3) is 0.188. The lowest BCUT2D eigenvalue weighted by atomic mass is 10.1. The summed E-state index contributed by atoms with van der Waals surface area (Å²) in [5.74, 6) is 0.538. The largest absolute Gasteiger partial charge is 0.495 e. The molecule has 0 atom stereocenters. The van der Waals surface area contributed by atoms with Gasteiger partial charge < -0.3 is 19.6 Å². The molecule has 0 amide bonds. The Kier molecular flexibility index (Phi) is 3.92. The van der Waals surface area contributed by atoms with E-state index in [9.17, 15) is 5.11 Å². The first-order valence-corrected chi connectivity index (χ1v) is 7.18. The Morgan fingerprint density at radius 1 is 1.36 bits per heavy atom. The summed E-state index contributed by atoms with van der Waals surface area (Å²) in [7, 11) is 3.41. The van der Waals surface area contributed by atoms with E-state index in [0.717, 1.165) is 28.2 Å².